The topological polar surface area (TPSA) is 102 Å². The first kappa shape index (κ1) is 24.2. The summed E-state index contributed by atoms with van der Waals surface area (Å²) in [6.07, 6.45) is 6.60. The molecule has 0 saturated carbocycles. The molecule has 0 aliphatic carbocycles. The maximum absolute atomic E-state index is 12.7. The molecular weight excluding hydrogens is 480 g/mol. The molecule has 2 aromatic heterocycles. The number of ether oxygens (including phenoxy) is 2. The van der Waals surface area contributed by atoms with E-state index in [0.717, 1.165) is 0 Å². The maximum atomic E-state index is 12.7. The Labute approximate surface area is 218 Å². The molecule has 8 heteroatoms. The molecule has 0 unspecified atom stereocenters. The molecule has 0 aliphatic heterocycles. The van der Waals surface area contributed by atoms with E-state index in [1.807, 2.05) is 0 Å². The second kappa shape index (κ2) is 11.5. The van der Waals surface area contributed by atoms with Crippen LogP contribution in [0.5, 0.6) is 23.0 Å². The summed E-state index contributed by atoms with van der Waals surface area (Å²) in [5.74, 6) is 2.05. The largest absolute Gasteiger partial charge is 0.457 e. The van der Waals surface area contributed by atoms with Gasteiger partial charge in [-0.3, -0.25) is 19.6 Å². The first-order chi connectivity index (χ1) is 18.6. The Bertz CT molecular complexity index is 1390. The van der Waals surface area contributed by atoms with E-state index in [1.165, 1.54) is 0 Å². The molecule has 0 atom stereocenters. The summed E-state index contributed by atoms with van der Waals surface area (Å²) < 4.78 is 11.5. The van der Waals surface area contributed by atoms with Gasteiger partial charge in [0.05, 0.1) is 0 Å². The van der Waals surface area contributed by atoms with Crippen molar-refractivity contribution < 1.29 is 19.1 Å². The van der Waals surface area contributed by atoms with Crippen LogP contribution in [0.2, 0.25) is 0 Å². The number of nitrogens with one attached hydrogen (secondary N) is 2. The molecule has 0 saturated heterocycles. The monoisotopic (exact) mass is 502 g/mol. The third-order valence-corrected chi connectivity index (χ3v) is 5.40. The number of carbonyl (C=O) groups excluding carboxylic acids is 2. The summed E-state index contributed by atoms with van der Waals surface area (Å²) in [7, 11) is 0. The average molecular weight is 503 g/mol. The number of anilines is 2. The highest BCUT2D eigenvalue weighted by atomic mass is 16.5. The third kappa shape index (κ3) is 6.38. The molecular formula is C30H22N4O4. The van der Waals surface area contributed by atoms with Gasteiger partial charge >= 0.3 is 0 Å². The Morgan fingerprint density at radius 3 is 1.11 bits per heavy atom. The Hall–Kier alpha value is -5.50. The molecule has 2 N–H and O–H groups in total. The fourth-order valence-electron chi connectivity index (χ4n) is 3.48. The lowest BCUT2D eigenvalue weighted by atomic mass is 10.1. The van der Waals surface area contributed by atoms with Crippen LogP contribution in [0.3, 0.4) is 0 Å². The minimum Gasteiger partial charge on any atom is -0.457 e. The fourth-order valence-corrected chi connectivity index (χ4v) is 3.48. The average Bonchev–Trinajstić information content (AvgIpc) is 2.96. The van der Waals surface area contributed by atoms with Crippen molar-refractivity contribution in [2.45, 2.75) is 0 Å². The van der Waals surface area contributed by atoms with Gasteiger partial charge < -0.3 is 20.1 Å². The molecule has 0 fully saturated rings. The summed E-state index contributed by atoms with van der Waals surface area (Å²) in [4.78, 5) is 33.2. The number of pyridine rings is 2. The molecule has 186 valence electrons. The number of rotatable bonds is 8. The Kier molecular flexibility index (Phi) is 7.32. The van der Waals surface area contributed by atoms with E-state index >= 15 is 0 Å². The normalized spacial score (nSPS) is 10.3. The predicted molar refractivity (Wildman–Crippen MR) is 144 cm³/mol. The second-order valence-electron chi connectivity index (χ2n) is 8.10. The highest BCUT2D eigenvalue weighted by molar-refractivity contribution is 6.07. The molecule has 0 radical (unpaired) electrons. The Morgan fingerprint density at radius 2 is 0.763 bits per heavy atom. The van der Waals surface area contributed by atoms with Gasteiger partial charge in [0.25, 0.3) is 11.8 Å². The van der Waals surface area contributed by atoms with Gasteiger partial charge in [-0.05, 0) is 97.1 Å². The van der Waals surface area contributed by atoms with Crippen molar-refractivity contribution >= 4 is 23.2 Å². The second-order valence-corrected chi connectivity index (χ2v) is 8.10. The summed E-state index contributed by atoms with van der Waals surface area (Å²) in [6, 6.07) is 27.5. The van der Waals surface area contributed by atoms with E-state index in [0.29, 0.717) is 45.5 Å². The van der Waals surface area contributed by atoms with Crippen LogP contribution < -0.4 is 20.1 Å². The molecule has 5 aromatic rings. The van der Waals surface area contributed by atoms with Gasteiger partial charge in [0.15, 0.2) is 0 Å². The zero-order valence-electron chi connectivity index (χ0n) is 20.1. The smallest absolute Gasteiger partial charge is 0.255 e. The van der Waals surface area contributed by atoms with E-state index in [-0.39, 0.29) is 11.8 Å². The number of hydrogen-bond donors (Lipinski definition) is 2. The van der Waals surface area contributed by atoms with Crippen LogP contribution in [0.25, 0.3) is 0 Å². The van der Waals surface area contributed by atoms with Crippen LogP contribution in [0.4, 0.5) is 11.4 Å². The lowest BCUT2D eigenvalue weighted by molar-refractivity contribution is 0.101. The quantitative estimate of drug-likeness (QED) is 0.249. The van der Waals surface area contributed by atoms with Crippen molar-refractivity contribution in [1.82, 2.24) is 9.97 Å². The Morgan fingerprint density at radius 1 is 0.447 bits per heavy atom. The van der Waals surface area contributed by atoms with Crippen LogP contribution >= 0.6 is 0 Å². The third-order valence-electron chi connectivity index (χ3n) is 5.40. The van der Waals surface area contributed by atoms with E-state index < -0.39 is 0 Å². The van der Waals surface area contributed by atoms with Crippen LogP contribution in [-0.4, -0.2) is 21.8 Å². The van der Waals surface area contributed by atoms with Crippen LogP contribution in [-0.2, 0) is 0 Å². The van der Waals surface area contributed by atoms with E-state index in [4.69, 9.17) is 9.47 Å². The van der Waals surface area contributed by atoms with Crippen molar-refractivity contribution in [3.63, 3.8) is 0 Å². The van der Waals surface area contributed by atoms with Crippen molar-refractivity contribution in [3.05, 3.63) is 133 Å². The van der Waals surface area contributed by atoms with Gasteiger partial charge in [-0.25, -0.2) is 0 Å². The number of nitrogens with zero attached hydrogens (tertiary/aromatic N) is 2. The van der Waals surface area contributed by atoms with Crippen LogP contribution in [0.1, 0.15) is 20.7 Å². The Balaban J connectivity index is 1.14. The zero-order valence-corrected chi connectivity index (χ0v) is 20.1. The van der Waals surface area contributed by atoms with E-state index in [2.05, 4.69) is 20.6 Å². The lowest BCUT2D eigenvalue weighted by Crippen LogP contribution is -2.14. The lowest BCUT2D eigenvalue weighted by Gasteiger charge is -2.09. The molecule has 0 bridgehead atoms. The van der Waals surface area contributed by atoms with E-state index in [1.54, 1.807) is 122 Å². The number of benzene rings is 3. The standard InChI is InChI=1S/C30H22N4O4/c35-29(33-23-5-9-25(10-6-23)37-27-13-17-31-18-14-27)21-1-2-22(4-3-21)30(36)34-24-7-11-26(12-8-24)38-28-15-19-32-20-16-28/h1-20H,(H,33,35)(H,34,36). The molecule has 8 nitrogen and oxygen atoms in total. The first-order valence-electron chi connectivity index (χ1n) is 11.7. The molecule has 38 heavy (non-hydrogen) atoms. The van der Waals surface area contributed by atoms with Gasteiger partial charge in [0.1, 0.15) is 23.0 Å². The first-order valence-corrected chi connectivity index (χ1v) is 11.7. The highest BCUT2D eigenvalue weighted by Crippen LogP contribution is 2.24. The number of hydrogen-bond acceptors (Lipinski definition) is 6. The van der Waals surface area contributed by atoms with Gasteiger partial charge in [-0.1, -0.05) is 0 Å². The van der Waals surface area contributed by atoms with Crippen molar-refractivity contribution in [1.29, 1.82) is 0 Å². The van der Waals surface area contributed by atoms with Gasteiger partial charge in [0, 0.05) is 47.3 Å². The zero-order chi connectivity index (χ0) is 26.2. The van der Waals surface area contributed by atoms with Gasteiger partial charge in [0.2, 0.25) is 0 Å². The SMILES string of the molecule is O=C(Nc1ccc(Oc2ccncc2)cc1)c1ccc(C(=O)Nc2ccc(Oc3ccncc3)cc2)cc1. The highest BCUT2D eigenvalue weighted by Gasteiger charge is 2.10. The molecule has 3 aromatic carbocycles. The van der Waals surface area contributed by atoms with Crippen LogP contribution in [0.15, 0.2) is 122 Å². The number of aromatic nitrogens is 2. The minimum atomic E-state index is -0.287. The molecule has 2 amide bonds. The molecule has 0 aliphatic rings. The van der Waals surface area contributed by atoms with E-state index in [9.17, 15) is 9.59 Å². The van der Waals surface area contributed by atoms with Crippen molar-refractivity contribution in [3.8, 4) is 23.0 Å². The number of carbonyl (C=O) groups is 2. The summed E-state index contributed by atoms with van der Waals surface area (Å²) >= 11 is 0. The molecule has 0 spiro atoms. The van der Waals surface area contributed by atoms with Crippen LogP contribution in [0, 0.1) is 0 Å². The van der Waals surface area contributed by atoms with Gasteiger partial charge in [-0.15, -0.1) is 0 Å². The predicted octanol–water partition coefficient (Wildman–Crippen LogP) is 6.57. The minimum absolute atomic E-state index is 0.287. The van der Waals surface area contributed by atoms with Crippen molar-refractivity contribution in [2.75, 3.05) is 10.6 Å². The van der Waals surface area contributed by atoms with Gasteiger partial charge in [-0.2, -0.15) is 0 Å². The number of amides is 2. The summed E-state index contributed by atoms with van der Waals surface area (Å²) in [5.41, 5.74) is 2.10. The van der Waals surface area contributed by atoms with Crippen molar-refractivity contribution in [2.24, 2.45) is 0 Å². The molecule has 2 heterocycles. The fraction of sp³-hybridized carbons (Fsp3) is 0. The maximum Gasteiger partial charge on any atom is 0.255 e. The molecule has 5 rings (SSSR count). The summed E-state index contributed by atoms with van der Waals surface area (Å²) in [6.45, 7) is 0. The summed E-state index contributed by atoms with van der Waals surface area (Å²) in [5, 5.41) is 5.68.